The molecule has 134 valence electrons. The summed E-state index contributed by atoms with van der Waals surface area (Å²) in [4.78, 5) is 29.5. The number of imidazole rings is 1. The van der Waals surface area contributed by atoms with Crippen LogP contribution in [0.3, 0.4) is 0 Å². The molecule has 0 aliphatic rings. The largest absolute Gasteiger partial charge is 0.467 e. The van der Waals surface area contributed by atoms with Crippen LogP contribution in [0.15, 0.2) is 42.9 Å². The van der Waals surface area contributed by atoms with Gasteiger partial charge in [-0.1, -0.05) is 30.3 Å². The van der Waals surface area contributed by atoms with Crippen molar-refractivity contribution in [3.8, 4) is 0 Å². The summed E-state index contributed by atoms with van der Waals surface area (Å²) in [5.41, 5.74) is 1.85. The molecule has 0 aliphatic heterocycles. The fraction of sp³-hybridized carbons (Fsp3) is 0.389. The molecule has 0 aliphatic carbocycles. The second-order valence-electron chi connectivity index (χ2n) is 5.58. The Morgan fingerprint density at radius 2 is 2.00 bits per heavy atom. The summed E-state index contributed by atoms with van der Waals surface area (Å²) in [7, 11) is 2.81. The van der Waals surface area contributed by atoms with Gasteiger partial charge >= 0.3 is 12.1 Å². The molecule has 0 spiro atoms. The third-order valence-corrected chi connectivity index (χ3v) is 3.79. The van der Waals surface area contributed by atoms with Crippen LogP contribution in [-0.2, 0) is 27.2 Å². The lowest BCUT2D eigenvalue weighted by Crippen LogP contribution is -2.44. The van der Waals surface area contributed by atoms with E-state index in [4.69, 9.17) is 9.47 Å². The Hall–Kier alpha value is -2.83. The number of rotatable bonds is 7. The Labute approximate surface area is 147 Å². The van der Waals surface area contributed by atoms with Gasteiger partial charge in [0.05, 0.1) is 25.7 Å². The lowest BCUT2D eigenvalue weighted by Gasteiger charge is -2.24. The minimum absolute atomic E-state index is 0.239. The zero-order valence-electron chi connectivity index (χ0n) is 14.7. The molecular formula is C18H23N3O4. The van der Waals surface area contributed by atoms with Gasteiger partial charge in [0.1, 0.15) is 6.04 Å². The Morgan fingerprint density at radius 1 is 1.28 bits per heavy atom. The molecule has 2 aromatic rings. The van der Waals surface area contributed by atoms with Crippen LogP contribution in [0.1, 0.15) is 18.2 Å². The average molecular weight is 345 g/mol. The number of carbonyl (C=O) groups is 2. The van der Waals surface area contributed by atoms with E-state index in [1.165, 1.54) is 19.1 Å². The van der Waals surface area contributed by atoms with Gasteiger partial charge in [0.2, 0.25) is 0 Å². The molecule has 0 bridgehead atoms. The van der Waals surface area contributed by atoms with Crippen LogP contribution in [0.4, 0.5) is 4.79 Å². The first-order valence-corrected chi connectivity index (χ1v) is 8.07. The van der Waals surface area contributed by atoms with Crippen molar-refractivity contribution in [1.29, 1.82) is 0 Å². The van der Waals surface area contributed by atoms with Crippen molar-refractivity contribution < 1.29 is 19.1 Å². The van der Waals surface area contributed by atoms with Gasteiger partial charge < -0.3 is 14.0 Å². The standard InChI is InChI=1S/C18H23N3O4/c1-4-25-18(23)20(2)16(17(22)24-3)10-15-12-21(13-19-15)11-14-8-6-5-7-9-14/h5-9,12-13,16H,4,10-11H2,1-3H3/t16-/m1/s1. The highest BCUT2D eigenvalue weighted by molar-refractivity contribution is 5.81. The minimum atomic E-state index is -0.788. The fourth-order valence-corrected chi connectivity index (χ4v) is 2.46. The van der Waals surface area contributed by atoms with Crippen LogP contribution in [-0.4, -0.2) is 53.3 Å². The maximum atomic E-state index is 12.1. The topological polar surface area (TPSA) is 73.7 Å². The van der Waals surface area contributed by atoms with E-state index < -0.39 is 18.1 Å². The Bertz CT molecular complexity index is 699. The molecule has 25 heavy (non-hydrogen) atoms. The zero-order valence-corrected chi connectivity index (χ0v) is 14.7. The minimum Gasteiger partial charge on any atom is -0.467 e. The van der Waals surface area contributed by atoms with Crippen molar-refractivity contribution in [2.45, 2.75) is 25.9 Å². The monoisotopic (exact) mass is 345 g/mol. The van der Waals surface area contributed by atoms with Gasteiger partial charge in [-0.3, -0.25) is 4.90 Å². The number of hydrogen-bond acceptors (Lipinski definition) is 5. The van der Waals surface area contributed by atoms with Crippen molar-refractivity contribution in [3.05, 3.63) is 54.1 Å². The molecule has 0 unspecified atom stereocenters. The summed E-state index contributed by atoms with van der Waals surface area (Å²) in [6.45, 7) is 2.64. The van der Waals surface area contributed by atoms with Crippen LogP contribution in [0.5, 0.6) is 0 Å². The summed E-state index contributed by atoms with van der Waals surface area (Å²) in [5, 5.41) is 0. The summed E-state index contributed by atoms with van der Waals surface area (Å²) < 4.78 is 11.7. The number of hydrogen-bond donors (Lipinski definition) is 0. The Balaban J connectivity index is 2.08. The SMILES string of the molecule is CCOC(=O)N(C)[C@H](Cc1cn(Cc2ccccc2)cn1)C(=O)OC. The summed E-state index contributed by atoms with van der Waals surface area (Å²) in [6.07, 6.45) is 3.26. The maximum Gasteiger partial charge on any atom is 0.410 e. The molecule has 0 fully saturated rings. The molecule has 1 atom stereocenters. The first kappa shape index (κ1) is 18.5. The molecule has 1 amide bonds. The number of ether oxygens (including phenoxy) is 2. The second-order valence-corrected chi connectivity index (χ2v) is 5.58. The van der Waals surface area contributed by atoms with Crippen molar-refractivity contribution in [2.75, 3.05) is 20.8 Å². The quantitative estimate of drug-likeness (QED) is 0.719. The van der Waals surface area contributed by atoms with Gasteiger partial charge in [-0.25, -0.2) is 14.6 Å². The predicted octanol–water partition coefficient (Wildman–Crippen LogP) is 2.10. The molecular weight excluding hydrogens is 322 g/mol. The third-order valence-electron chi connectivity index (χ3n) is 3.79. The third kappa shape index (κ3) is 5.07. The second kappa shape index (κ2) is 8.86. The van der Waals surface area contributed by atoms with Crippen molar-refractivity contribution in [3.63, 3.8) is 0 Å². The maximum absolute atomic E-state index is 12.1. The van der Waals surface area contributed by atoms with Crippen LogP contribution in [0.2, 0.25) is 0 Å². The highest BCUT2D eigenvalue weighted by Gasteiger charge is 2.29. The number of esters is 1. The Morgan fingerprint density at radius 3 is 2.64 bits per heavy atom. The lowest BCUT2D eigenvalue weighted by molar-refractivity contribution is -0.145. The van der Waals surface area contributed by atoms with Crippen LogP contribution < -0.4 is 0 Å². The molecule has 0 radical (unpaired) electrons. The number of nitrogens with zero attached hydrogens (tertiary/aromatic N) is 3. The van der Waals surface area contributed by atoms with Crippen molar-refractivity contribution in [2.24, 2.45) is 0 Å². The molecule has 0 saturated heterocycles. The van der Waals surface area contributed by atoms with E-state index in [1.54, 1.807) is 13.3 Å². The van der Waals surface area contributed by atoms with Gasteiger partial charge in [-0.2, -0.15) is 0 Å². The summed E-state index contributed by atoms with van der Waals surface area (Å²) >= 11 is 0. The van der Waals surface area contributed by atoms with Crippen molar-refractivity contribution >= 4 is 12.1 Å². The van der Waals surface area contributed by atoms with Crippen LogP contribution in [0.25, 0.3) is 0 Å². The molecule has 7 heteroatoms. The fourth-order valence-electron chi connectivity index (χ4n) is 2.46. The number of likely N-dealkylation sites (N-methyl/N-ethyl adjacent to an activating group) is 1. The normalized spacial score (nSPS) is 11.6. The Kier molecular flexibility index (Phi) is 6.56. The van der Waals surface area contributed by atoms with E-state index in [1.807, 2.05) is 41.1 Å². The van der Waals surface area contributed by atoms with Crippen LogP contribution >= 0.6 is 0 Å². The first-order valence-electron chi connectivity index (χ1n) is 8.07. The molecule has 1 aromatic heterocycles. The molecule has 2 rings (SSSR count). The molecule has 0 N–H and O–H groups in total. The van der Waals surface area contributed by atoms with E-state index in [9.17, 15) is 9.59 Å². The first-order chi connectivity index (χ1) is 12.0. The number of carbonyl (C=O) groups excluding carboxylic acids is 2. The summed E-state index contributed by atoms with van der Waals surface area (Å²) in [6, 6.07) is 9.21. The van der Waals surface area contributed by atoms with Gasteiger partial charge in [0.15, 0.2) is 0 Å². The van der Waals surface area contributed by atoms with Gasteiger partial charge in [-0.05, 0) is 12.5 Å². The number of methoxy groups -OCH3 is 1. The highest BCUT2D eigenvalue weighted by Crippen LogP contribution is 2.11. The van der Waals surface area contributed by atoms with Gasteiger partial charge in [-0.15, -0.1) is 0 Å². The average Bonchev–Trinajstić information content (AvgIpc) is 3.06. The molecule has 1 aromatic carbocycles. The summed E-state index contributed by atoms with van der Waals surface area (Å²) in [5.74, 6) is -0.506. The van der Waals surface area contributed by atoms with Crippen molar-refractivity contribution in [1.82, 2.24) is 14.5 Å². The van der Waals surface area contributed by atoms with E-state index in [0.717, 1.165) is 5.56 Å². The van der Waals surface area contributed by atoms with Crippen LogP contribution in [0, 0.1) is 0 Å². The number of aromatic nitrogens is 2. The number of benzene rings is 1. The number of amides is 1. The molecule has 7 nitrogen and oxygen atoms in total. The van der Waals surface area contributed by atoms with Gasteiger partial charge in [0, 0.05) is 26.2 Å². The molecule has 1 heterocycles. The zero-order chi connectivity index (χ0) is 18.2. The van der Waals surface area contributed by atoms with E-state index >= 15 is 0 Å². The van der Waals surface area contributed by atoms with E-state index in [2.05, 4.69) is 4.98 Å². The van der Waals surface area contributed by atoms with E-state index in [0.29, 0.717) is 12.2 Å². The predicted molar refractivity (Wildman–Crippen MR) is 92.1 cm³/mol. The molecule has 0 saturated carbocycles. The highest BCUT2D eigenvalue weighted by atomic mass is 16.6. The van der Waals surface area contributed by atoms with E-state index in [-0.39, 0.29) is 13.0 Å². The lowest BCUT2D eigenvalue weighted by atomic mass is 10.1. The van der Waals surface area contributed by atoms with Gasteiger partial charge in [0.25, 0.3) is 0 Å². The smallest absolute Gasteiger partial charge is 0.410 e.